The summed E-state index contributed by atoms with van der Waals surface area (Å²) in [6.07, 6.45) is 0. The molecule has 0 heterocycles. The van der Waals surface area contributed by atoms with Crippen molar-refractivity contribution in [3.05, 3.63) is 18.2 Å². The first-order valence-corrected chi connectivity index (χ1v) is 7.05. The Bertz CT molecular complexity index is 470. The molecule has 0 aromatic heterocycles. The smallest absolute Gasteiger partial charge is 0.126 e. The summed E-state index contributed by atoms with van der Waals surface area (Å²) in [7, 11) is -2.32. The van der Waals surface area contributed by atoms with Gasteiger partial charge in [0.1, 0.15) is 10.1 Å². The van der Waals surface area contributed by atoms with Gasteiger partial charge in [0.2, 0.25) is 0 Å². The molecule has 0 aliphatic rings. The maximum absolute atomic E-state index is 10.5. The molecule has 0 aliphatic carbocycles. The van der Waals surface area contributed by atoms with Crippen molar-refractivity contribution in [3.8, 4) is 0 Å². The molecule has 0 saturated carbocycles. The van der Waals surface area contributed by atoms with E-state index in [2.05, 4.69) is 20.9 Å². The maximum Gasteiger partial charge on any atom is 0.126 e. The van der Waals surface area contributed by atoms with E-state index in [0.717, 1.165) is 6.07 Å². The van der Waals surface area contributed by atoms with Crippen LogP contribution in [0.15, 0.2) is 23.1 Å². The minimum Gasteiger partial charge on any atom is -0.744 e. The van der Waals surface area contributed by atoms with E-state index >= 15 is 0 Å². The van der Waals surface area contributed by atoms with Crippen LogP contribution in [0, 0.1) is 0 Å². The number of rotatable bonds is 3. The van der Waals surface area contributed by atoms with Crippen LogP contribution in [0.3, 0.4) is 0 Å². The molecule has 0 amide bonds. The quantitative estimate of drug-likeness (QED) is 0.498. The summed E-state index contributed by atoms with van der Waals surface area (Å²) < 4.78 is 31.5. The number of nitrogens with one attached hydrogen (secondary N) is 1. The van der Waals surface area contributed by atoms with Crippen LogP contribution in [0.2, 0.25) is 0 Å². The first-order chi connectivity index (χ1) is 8.22. The summed E-state index contributed by atoms with van der Waals surface area (Å²) in [5, 5.41) is 0. The topological polar surface area (TPSA) is 114 Å². The molecule has 6 nitrogen and oxygen atoms in total. The number of nitrogens with two attached hydrogens (primary N) is 2. The molecule has 0 radical (unpaired) electrons. The lowest BCUT2D eigenvalue weighted by Gasteiger charge is -2.09. The maximum atomic E-state index is 10.5. The van der Waals surface area contributed by atoms with Crippen LogP contribution in [-0.4, -0.2) is 33.1 Å². The number of hydrogen-bond donors (Lipinski definition) is 3. The fraction of sp³-hybridized carbons (Fsp3) is 0.455. The van der Waals surface area contributed by atoms with E-state index in [0.29, 0.717) is 0 Å². The third-order valence-corrected chi connectivity index (χ3v) is 3.41. The van der Waals surface area contributed by atoms with Crippen LogP contribution < -0.4 is 16.4 Å². The molecule has 0 saturated heterocycles. The summed E-state index contributed by atoms with van der Waals surface area (Å²) >= 11 is 0. The van der Waals surface area contributed by atoms with Crippen molar-refractivity contribution in [1.82, 2.24) is 0 Å². The van der Waals surface area contributed by atoms with Crippen LogP contribution in [0.1, 0.15) is 13.8 Å². The van der Waals surface area contributed by atoms with Crippen molar-refractivity contribution >= 4 is 21.5 Å². The first kappa shape index (κ1) is 16.7. The van der Waals surface area contributed by atoms with Crippen molar-refractivity contribution in [2.45, 2.75) is 18.7 Å². The van der Waals surface area contributed by atoms with E-state index in [9.17, 15) is 13.0 Å². The SMILES string of the molecule is CC[NH+](C)CC.Nc1ccc(N)c(S(=O)(=O)[O-])c1. The van der Waals surface area contributed by atoms with Gasteiger partial charge in [0.05, 0.1) is 25.0 Å². The standard InChI is InChI=1S/C6H8N2O3S.C5H13N/c7-4-1-2-5(8)6(3-4)12(9,10)11;1-4-6(3)5-2/h1-3H,7-8H2,(H,9,10,11);4-5H2,1-3H3. The Morgan fingerprint density at radius 1 is 1.22 bits per heavy atom. The largest absolute Gasteiger partial charge is 0.744 e. The van der Waals surface area contributed by atoms with Crippen LogP contribution in [0.4, 0.5) is 11.4 Å². The van der Waals surface area contributed by atoms with Crippen LogP contribution >= 0.6 is 0 Å². The highest BCUT2D eigenvalue weighted by atomic mass is 32.2. The molecule has 0 aliphatic heterocycles. The molecule has 0 bridgehead atoms. The molecular weight excluding hydrogens is 254 g/mol. The molecule has 1 aromatic carbocycles. The summed E-state index contributed by atoms with van der Waals surface area (Å²) in [6.45, 7) is 6.88. The van der Waals surface area contributed by atoms with Gasteiger partial charge in [-0.05, 0) is 32.0 Å². The molecule has 5 N–H and O–H groups in total. The molecular formula is C11H21N3O3S. The van der Waals surface area contributed by atoms with Crippen molar-refractivity contribution in [2.24, 2.45) is 0 Å². The summed E-state index contributed by atoms with van der Waals surface area (Å²) in [4.78, 5) is 1.12. The number of quaternary nitrogens is 1. The van der Waals surface area contributed by atoms with E-state index in [4.69, 9.17) is 11.5 Å². The average Bonchev–Trinajstić information content (AvgIpc) is 2.30. The Hall–Kier alpha value is -1.31. The van der Waals surface area contributed by atoms with Gasteiger partial charge < -0.3 is 20.9 Å². The third kappa shape index (κ3) is 5.85. The van der Waals surface area contributed by atoms with Crippen molar-refractivity contribution < 1.29 is 17.9 Å². The highest BCUT2D eigenvalue weighted by Gasteiger charge is 2.05. The van der Waals surface area contributed by atoms with Gasteiger partial charge in [0, 0.05) is 11.4 Å². The van der Waals surface area contributed by atoms with E-state index in [-0.39, 0.29) is 11.4 Å². The molecule has 0 spiro atoms. The van der Waals surface area contributed by atoms with Gasteiger partial charge in [0.25, 0.3) is 0 Å². The average molecular weight is 275 g/mol. The molecule has 0 atom stereocenters. The number of hydrogen-bond acceptors (Lipinski definition) is 5. The predicted octanol–water partition coefficient (Wildman–Crippen LogP) is -0.704. The Labute approximate surface area is 108 Å². The molecule has 7 heteroatoms. The van der Waals surface area contributed by atoms with Crippen LogP contribution in [0.25, 0.3) is 0 Å². The molecule has 1 aromatic rings. The first-order valence-electron chi connectivity index (χ1n) is 5.64. The molecule has 1 rings (SSSR count). The Balaban J connectivity index is 0.000000411. The van der Waals surface area contributed by atoms with Crippen molar-refractivity contribution in [3.63, 3.8) is 0 Å². The van der Waals surface area contributed by atoms with E-state index in [1.165, 1.54) is 25.2 Å². The highest BCUT2D eigenvalue weighted by Crippen LogP contribution is 2.20. The van der Waals surface area contributed by atoms with E-state index in [1.807, 2.05) is 0 Å². The fourth-order valence-electron chi connectivity index (χ4n) is 1.02. The molecule has 0 unspecified atom stereocenters. The van der Waals surface area contributed by atoms with Gasteiger partial charge in [-0.3, -0.25) is 0 Å². The zero-order valence-corrected chi connectivity index (χ0v) is 11.8. The van der Waals surface area contributed by atoms with Crippen molar-refractivity contribution in [2.75, 3.05) is 31.6 Å². The minimum atomic E-state index is -4.51. The fourth-order valence-corrected chi connectivity index (χ4v) is 1.65. The third-order valence-electron chi connectivity index (χ3n) is 2.51. The lowest BCUT2D eigenvalue weighted by atomic mass is 10.3. The number of anilines is 2. The van der Waals surface area contributed by atoms with Crippen LogP contribution in [0.5, 0.6) is 0 Å². The second-order valence-corrected chi connectivity index (χ2v) is 5.26. The van der Waals surface area contributed by atoms with E-state index < -0.39 is 15.0 Å². The zero-order valence-electron chi connectivity index (χ0n) is 10.9. The Morgan fingerprint density at radius 3 is 2.00 bits per heavy atom. The van der Waals surface area contributed by atoms with Gasteiger partial charge in [-0.25, -0.2) is 8.42 Å². The van der Waals surface area contributed by atoms with Gasteiger partial charge in [-0.1, -0.05) is 0 Å². The number of benzene rings is 1. The monoisotopic (exact) mass is 275 g/mol. The summed E-state index contributed by atoms with van der Waals surface area (Å²) in [6, 6.07) is 3.74. The Kier molecular flexibility index (Phi) is 6.67. The summed E-state index contributed by atoms with van der Waals surface area (Å²) in [5.74, 6) is 0. The number of nitrogen functional groups attached to an aromatic ring is 2. The summed E-state index contributed by atoms with van der Waals surface area (Å²) in [5.41, 5.74) is 10.6. The predicted molar refractivity (Wildman–Crippen MR) is 71.2 cm³/mol. The normalized spacial score (nSPS) is 10.9. The van der Waals surface area contributed by atoms with Crippen LogP contribution in [-0.2, 0) is 10.1 Å². The Morgan fingerprint density at radius 2 is 1.72 bits per heavy atom. The lowest BCUT2D eigenvalue weighted by molar-refractivity contribution is -0.875. The van der Waals surface area contributed by atoms with Gasteiger partial charge in [-0.15, -0.1) is 0 Å². The van der Waals surface area contributed by atoms with E-state index in [1.54, 1.807) is 4.90 Å². The van der Waals surface area contributed by atoms with Crippen molar-refractivity contribution in [1.29, 1.82) is 0 Å². The van der Waals surface area contributed by atoms with Gasteiger partial charge in [0.15, 0.2) is 0 Å². The second kappa shape index (κ2) is 7.20. The van der Waals surface area contributed by atoms with Gasteiger partial charge in [-0.2, -0.15) is 0 Å². The van der Waals surface area contributed by atoms with Gasteiger partial charge >= 0.3 is 0 Å². The lowest BCUT2D eigenvalue weighted by Crippen LogP contribution is -3.08. The molecule has 104 valence electrons. The molecule has 0 fully saturated rings. The highest BCUT2D eigenvalue weighted by molar-refractivity contribution is 7.86. The minimum absolute atomic E-state index is 0.0841. The zero-order chi connectivity index (χ0) is 14.3. The second-order valence-electron chi connectivity index (χ2n) is 3.92. The molecule has 18 heavy (non-hydrogen) atoms.